The molecule has 0 atom stereocenters. The van der Waals surface area contributed by atoms with Gasteiger partial charge < -0.3 is 5.32 Å². The summed E-state index contributed by atoms with van der Waals surface area (Å²) in [5.74, 6) is 0.413. The van der Waals surface area contributed by atoms with Gasteiger partial charge in [-0.2, -0.15) is 0 Å². The molecule has 1 heterocycles. The SMILES string of the molecule is CS/C(=C\C(=O)c1cnccn1)NCC(C)C. The highest BCUT2D eigenvalue weighted by Crippen LogP contribution is 2.09. The lowest BCUT2D eigenvalue weighted by Gasteiger charge is -2.10. The molecular formula is C12H17N3OS. The molecule has 0 unspecified atom stereocenters. The van der Waals surface area contributed by atoms with Crippen LogP contribution in [0.25, 0.3) is 0 Å². The van der Waals surface area contributed by atoms with Crippen LogP contribution in [0.15, 0.2) is 29.7 Å². The van der Waals surface area contributed by atoms with E-state index >= 15 is 0 Å². The fourth-order valence-corrected chi connectivity index (χ4v) is 1.56. The number of hydrogen-bond donors (Lipinski definition) is 1. The summed E-state index contributed by atoms with van der Waals surface area (Å²) >= 11 is 1.52. The lowest BCUT2D eigenvalue weighted by Crippen LogP contribution is -2.18. The lowest BCUT2D eigenvalue weighted by atomic mass is 10.2. The number of ketones is 1. The average molecular weight is 251 g/mol. The van der Waals surface area contributed by atoms with Crippen LogP contribution in [0.2, 0.25) is 0 Å². The Morgan fingerprint density at radius 2 is 2.29 bits per heavy atom. The van der Waals surface area contributed by atoms with Crippen LogP contribution in [0.5, 0.6) is 0 Å². The van der Waals surface area contributed by atoms with Gasteiger partial charge in [-0.1, -0.05) is 13.8 Å². The van der Waals surface area contributed by atoms with Crippen molar-refractivity contribution in [3.63, 3.8) is 0 Å². The van der Waals surface area contributed by atoms with Crippen molar-refractivity contribution in [2.24, 2.45) is 5.92 Å². The van der Waals surface area contributed by atoms with E-state index in [9.17, 15) is 4.79 Å². The second kappa shape index (κ2) is 7.06. The lowest BCUT2D eigenvalue weighted by molar-refractivity contribution is 0.104. The summed E-state index contributed by atoms with van der Waals surface area (Å²) in [4.78, 5) is 19.7. The van der Waals surface area contributed by atoms with Gasteiger partial charge in [0.2, 0.25) is 5.78 Å². The molecule has 1 N–H and O–H groups in total. The molecule has 0 amide bonds. The first-order valence-electron chi connectivity index (χ1n) is 5.43. The summed E-state index contributed by atoms with van der Waals surface area (Å²) < 4.78 is 0. The van der Waals surface area contributed by atoms with Crippen LogP contribution in [-0.2, 0) is 0 Å². The number of hydrogen-bond acceptors (Lipinski definition) is 5. The fourth-order valence-electron chi connectivity index (χ4n) is 1.11. The molecule has 4 nitrogen and oxygen atoms in total. The van der Waals surface area contributed by atoms with Crippen LogP contribution < -0.4 is 5.32 Å². The van der Waals surface area contributed by atoms with Gasteiger partial charge in [0, 0.05) is 25.0 Å². The number of nitrogens with one attached hydrogen (secondary N) is 1. The third kappa shape index (κ3) is 4.99. The molecular weight excluding hydrogens is 234 g/mol. The Labute approximate surface area is 106 Å². The van der Waals surface area contributed by atoms with E-state index < -0.39 is 0 Å². The van der Waals surface area contributed by atoms with Crippen LogP contribution in [0.4, 0.5) is 0 Å². The number of allylic oxidation sites excluding steroid dienone is 1. The Kier molecular flexibility index (Phi) is 5.69. The van der Waals surface area contributed by atoms with E-state index in [1.54, 1.807) is 12.3 Å². The molecule has 92 valence electrons. The van der Waals surface area contributed by atoms with Crippen LogP contribution >= 0.6 is 11.8 Å². The minimum absolute atomic E-state index is 0.126. The molecule has 0 aliphatic carbocycles. The first-order chi connectivity index (χ1) is 8.13. The molecule has 1 aromatic rings. The number of aromatic nitrogens is 2. The maximum absolute atomic E-state index is 11.8. The monoisotopic (exact) mass is 251 g/mol. The quantitative estimate of drug-likeness (QED) is 0.620. The molecule has 17 heavy (non-hydrogen) atoms. The molecule has 5 heteroatoms. The largest absolute Gasteiger partial charge is 0.380 e. The Hall–Kier alpha value is -1.36. The zero-order chi connectivity index (χ0) is 12.7. The normalized spacial score (nSPS) is 11.6. The fraction of sp³-hybridized carbons (Fsp3) is 0.417. The van der Waals surface area contributed by atoms with E-state index in [4.69, 9.17) is 0 Å². The Morgan fingerprint density at radius 1 is 1.53 bits per heavy atom. The third-order valence-corrected chi connectivity index (χ3v) is 2.68. The predicted octanol–water partition coefficient (Wildman–Crippen LogP) is 2.11. The molecule has 0 fully saturated rings. The summed E-state index contributed by atoms with van der Waals surface area (Å²) in [6.45, 7) is 5.09. The van der Waals surface area contributed by atoms with Gasteiger partial charge in [0.05, 0.1) is 11.2 Å². The van der Waals surface area contributed by atoms with Crippen molar-refractivity contribution in [3.05, 3.63) is 35.4 Å². The van der Waals surface area contributed by atoms with Crippen molar-refractivity contribution in [3.8, 4) is 0 Å². The van der Waals surface area contributed by atoms with Crippen molar-refractivity contribution in [2.75, 3.05) is 12.8 Å². The van der Waals surface area contributed by atoms with E-state index in [2.05, 4.69) is 29.1 Å². The van der Waals surface area contributed by atoms with Crippen LogP contribution in [0.1, 0.15) is 24.3 Å². The number of thioether (sulfide) groups is 1. The van der Waals surface area contributed by atoms with Crippen molar-refractivity contribution in [2.45, 2.75) is 13.8 Å². The molecule has 1 rings (SSSR count). The standard InChI is InChI=1S/C12H17N3OS/c1-9(2)7-15-12(17-3)6-11(16)10-8-13-4-5-14-10/h4-6,8-9,15H,7H2,1-3H3/b12-6-. The van der Waals surface area contributed by atoms with Gasteiger partial charge in [0.25, 0.3) is 0 Å². The molecule has 0 spiro atoms. The van der Waals surface area contributed by atoms with Crippen molar-refractivity contribution in [1.82, 2.24) is 15.3 Å². The number of carbonyl (C=O) groups is 1. The smallest absolute Gasteiger partial charge is 0.208 e. The zero-order valence-electron chi connectivity index (χ0n) is 10.3. The van der Waals surface area contributed by atoms with E-state index in [-0.39, 0.29) is 5.78 Å². The van der Waals surface area contributed by atoms with Gasteiger partial charge >= 0.3 is 0 Å². The first-order valence-corrected chi connectivity index (χ1v) is 6.66. The van der Waals surface area contributed by atoms with Crippen LogP contribution in [-0.4, -0.2) is 28.6 Å². The minimum Gasteiger partial charge on any atom is -0.380 e. The second-order valence-corrected chi connectivity index (χ2v) is 4.79. The summed E-state index contributed by atoms with van der Waals surface area (Å²) in [5.41, 5.74) is 0.366. The minimum atomic E-state index is -0.126. The molecule has 0 aromatic carbocycles. The summed E-state index contributed by atoms with van der Waals surface area (Å²) in [7, 11) is 0. The van der Waals surface area contributed by atoms with E-state index in [1.807, 2.05) is 6.26 Å². The highest BCUT2D eigenvalue weighted by Gasteiger charge is 2.06. The number of carbonyl (C=O) groups excluding carboxylic acids is 1. The van der Waals surface area contributed by atoms with Crippen molar-refractivity contribution >= 4 is 17.5 Å². The van der Waals surface area contributed by atoms with E-state index in [1.165, 1.54) is 24.2 Å². The van der Waals surface area contributed by atoms with Crippen molar-refractivity contribution < 1.29 is 4.79 Å². The molecule has 1 aromatic heterocycles. The van der Waals surface area contributed by atoms with Gasteiger partial charge in [-0.15, -0.1) is 11.8 Å². The van der Waals surface area contributed by atoms with Gasteiger partial charge in [-0.05, 0) is 12.2 Å². The van der Waals surface area contributed by atoms with Crippen LogP contribution in [0, 0.1) is 5.92 Å². The molecule has 0 radical (unpaired) electrons. The molecule has 0 aliphatic heterocycles. The van der Waals surface area contributed by atoms with Gasteiger partial charge in [0.1, 0.15) is 5.69 Å². The molecule has 0 saturated carbocycles. The van der Waals surface area contributed by atoms with Gasteiger partial charge in [-0.25, -0.2) is 4.98 Å². The first kappa shape index (κ1) is 13.7. The van der Waals surface area contributed by atoms with E-state index in [0.717, 1.165) is 11.6 Å². The molecule has 0 aliphatic rings. The van der Waals surface area contributed by atoms with Gasteiger partial charge in [-0.3, -0.25) is 9.78 Å². The highest BCUT2D eigenvalue weighted by atomic mass is 32.2. The second-order valence-electron chi connectivity index (χ2n) is 3.94. The number of nitrogens with zero attached hydrogens (tertiary/aromatic N) is 2. The third-order valence-electron chi connectivity index (χ3n) is 1.98. The Bertz CT molecular complexity index is 390. The average Bonchev–Trinajstić information content (AvgIpc) is 2.35. The topological polar surface area (TPSA) is 54.9 Å². The maximum atomic E-state index is 11.8. The Morgan fingerprint density at radius 3 is 2.82 bits per heavy atom. The predicted molar refractivity (Wildman–Crippen MR) is 70.8 cm³/mol. The Balaban J connectivity index is 2.68. The molecule has 0 saturated heterocycles. The number of rotatable bonds is 6. The summed E-state index contributed by atoms with van der Waals surface area (Å²) in [6, 6.07) is 0. The maximum Gasteiger partial charge on any atom is 0.208 e. The summed E-state index contributed by atoms with van der Waals surface area (Å²) in [5, 5.41) is 4.08. The molecule has 0 bridgehead atoms. The highest BCUT2D eigenvalue weighted by molar-refractivity contribution is 8.02. The van der Waals surface area contributed by atoms with Crippen molar-refractivity contribution in [1.29, 1.82) is 0 Å². The van der Waals surface area contributed by atoms with Crippen LogP contribution in [0.3, 0.4) is 0 Å². The van der Waals surface area contributed by atoms with Gasteiger partial charge in [0.15, 0.2) is 0 Å². The van der Waals surface area contributed by atoms with E-state index in [0.29, 0.717) is 11.6 Å². The summed E-state index contributed by atoms with van der Waals surface area (Å²) in [6.07, 6.45) is 8.04. The zero-order valence-corrected chi connectivity index (χ0v) is 11.1.